The molecule has 1 aromatic carbocycles. The normalized spacial score (nSPS) is 17.0. The van der Waals surface area contributed by atoms with E-state index in [9.17, 15) is 14.3 Å². The summed E-state index contributed by atoms with van der Waals surface area (Å²) in [7, 11) is 1.48. The standard InChI is InChI=1S/C17H25FN2O3/c1-3-17(12-21)4-6-20(7-5-17)16(22)19-11-13-8-14(18)10-15(9-13)23-2/h8-10,21H,3-7,11-12H2,1-2H3,(H,19,22). The maximum absolute atomic E-state index is 13.4. The first-order valence-corrected chi connectivity index (χ1v) is 7.99. The molecule has 0 atom stereocenters. The van der Waals surface area contributed by atoms with Crippen molar-refractivity contribution in [3.63, 3.8) is 0 Å². The summed E-state index contributed by atoms with van der Waals surface area (Å²) in [5.41, 5.74) is 0.609. The number of carbonyl (C=O) groups excluding carboxylic acids is 1. The van der Waals surface area contributed by atoms with Crippen molar-refractivity contribution in [3.05, 3.63) is 29.6 Å². The van der Waals surface area contributed by atoms with Gasteiger partial charge in [-0.15, -0.1) is 0 Å². The van der Waals surface area contributed by atoms with Crippen LogP contribution in [0.25, 0.3) is 0 Å². The first-order chi connectivity index (χ1) is 11.0. The number of nitrogens with one attached hydrogen (secondary N) is 1. The van der Waals surface area contributed by atoms with Crippen molar-refractivity contribution < 1.29 is 19.0 Å². The highest BCUT2D eigenvalue weighted by atomic mass is 19.1. The van der Waals surface area contributed by atoms with Crippen LogP contribution in [-0.2, 0) is 6.54 Å². The highest BCUT2D eigenvalue weighted by molar-refractivity contribution is 5.74. The Morgan fingerprint density at radius 1 is 1.39 bits per heavy atom. The molecular formula is C17H25FN2O3. The Morgan fingerprint density at radius 2 is 2.09 bits per heavy atom. The van der Waals surface area contributed by atoms with Crippen molar-refractivity contribution in [2.45, 2.75) is 32.7 Å². The third-order valence-electron chi connectivity index (χ3n) is 4.81. The first kappa shape index (κ1) is 17.5. The van der Waals surface area contributed by atoms with Gasteiger partial charge in [-0.25, -0.2) is 9.18 Å². The fraction of sp³-hybridized carbons (Fsp3) is 0.588. The summed E-state index contributed by atoms with van der Waals surface area (Å²) in [5.74, 6) is 0.0464. The van der Waals surface area contributed by atoms with Crippen LogP contribution in [0.5, 0.6) is 5.75 Å². The number of methoxy groups -OCH3 is 1. The van der Waals surface area contributed by atoms with E-state index in [2.05, 4.69) is 12.2 Å². The molecule has 1 aromatic rings. The van der Waals surface area contributed by atoms with Crippen molar-refractivity contribution in [2.24, 2.45) is 5.41 Å². The zero-order valence-electron chi connectivity index (χ0n) is 13.8. The minimum Gasteiger partial charge on any atom is -0.497 e. The van der Waals surface area contributed by atoms with Gasteiger partial charge in [0.15, 0.2) is 0 Å². The highest BCUT2D eigenvalue weighted by Gasteiger charge is 2.33. The van der Waals surface area contributed by atoms with Crippen molar-refractivity contribution in [3.8, 4) is 5.75 Å². The lowest BCUT2D eigenvalue weighted by atomic mass is 9.77. The molecule has 1 heterocycles. The third kappa shape index (κ3) is 4.34. The summed E-state index contributed by atoms with van der Waals surface area (Å²) in [6, 6.07) is 4.23. The monoisotopic (exact) mass is 324 g/mol. The number of ether oxygens (including phenoxy) is 1. The highest BCUT2D eigenvalue weighted by Crippen LogP contribution is 2.34. The Bertz CT molecular complexity index is 537. The number of hydrogen-bond acceptors (Lipinski definition) is 3. The van der Waals surface area contributed by atoms with Crippen LogP contribution in [0.4, 0.5) is 9.18 Å². The van der Waals surface area contributed by atoms with Gasteiger partial charge < -0.3 is 20.1 Å². The molecule has 0 bridgehead atoms. The number of nitrogens with zero attached hydrogens (tertiary/aromatic N) is 1. The second kappa shape index (κ2) is 7.64. The molecule has 0 aromatic heterocycles. The summed E-state index contributed by atoms with van der Waals surface area (Å²) in [6.45, 7) is 3.76. The summed E-state index contributed by atoms with van der Waals surface area (Å²) in [6.07, 6.45) is 2.53. The van der Waals surface area contributed by atoms with Crippen LogP contribution in [0.1, 0.15) is 31.7 Å². The van der Waals surface area contributed by atoms with Crippen LogP contribution in [-0.4, -0.2) is 42.8 Å². The second-order valence-corrected chi connectivity index (χ2v) is 6.16. The Kier molecular flexibility index (Phi) is 5.82. The van der Waals surface area contributed by atoms with E-state index in [1.807, 2.05) is 0 Å². The number of piperidine rings is 1. The van der Waals surface area contributed by atoms with Crippen LogP contribution < -0.4 is 10.1 Å². The predicted octanol–water partition coefficient (Wildman–Crippen LogP) is 2.53. The van der Waals surface area contributed by atoms with Gasteiger partial charge in [-0.2, -0.15) is 0 Å². The van der Waals surface area contributed by atoms with Gasteiger partial charge in [0.05, 0.1) is 7.11 Å². The van der Waals surface area contributed by atoms with Crippen LogP contribution >= 0.6 is 0 Å². The van der Waals surface area contributed by atoms with E-state index in [-0.39, 0.29) is 30.4 Å². The quantitative estimate of drug-likeness (QED) is 0.875. The molecule has 5 nitrogen and oxygen atoms in total. The van der Waals surface area contributed by atoms with E-state index >= 15 is 0 Å². The predicted molar refractivity (Wildman–Crippen MR) is 85.8 cm³/mol. The number of halogens is 1. The topological polar surface area (TPSA) is 61.8 Å². The largest absolute Gasteiger partial charge is 0.497 e. The average molecular weight is 324 g/mol. The number of likely N-dealkylation sites (tertiary alicyclic amines) is 1. The minimum atomic E-state index is -0.387. The number of aliphatic hydroxyl groups is 1. The first-order valence-electron chi connectivity index (χ1n) is 7.99. The Morgan fingerprint density at radius 3 is 2.65 bits per heavy atom. The van der Waals surface area contributed by atoms with Crippen LogP contribution in [0.15, 0.2) is 18.2 Å². The maximum Gasteiger partial charge on any atom is 0.317 e. The van der Waals surface area contributed by atoms with Gasteiger partial charge in [0.2, 0.25) is 0 Å². The lowest BCUT2D eigenvalue weighted by molar-refractivity contribution is 0.0519. The summed E-state index contributed by atoms with van der Waals surface area (Å²) >= 11 is 0. The van der Waals surface area contributed by atoms with Gasteiger partial charge in [0, 0.05) is 32.3 Å². The van der Waals surface area contributed by atoms with Gasteiger partial charge >= 0.3 is 6.03 Å². The Balaban J connectivity index is 1.87. The molecule has 1 aliphatic rings. The number of rotatable bonds is 5. The molecule has 0 radical (unpaired) electrons. The fourth-order valence-corrected chi connectivity index (χ4v) is 2.94. The van der Waals surface area contributed by atoms with Crippen LogP contribution in [0.3, 0.4) is 0 Å². The van der Waals surface area contributed by atoms with Crippen molar-refractivity contribution in [1.29, 1.82) is 0 Å². The molecule has 23 heavy (non-hydrogen) atoms. The fourth-order valence-electron chi connectivity index (χ4n) is 2.94. The molecule has 0 unspecified atom stereocenters. The van der Waals surface area contributed by atoms with E-state index in [4.69, 9.17) is 4.74 Å². The Hall–Kier alpha value is -1.82. The number of hydrogen-bond donors (Lipinski definition) is 2. The van der Waals surface area contributed by atoms with Gasteiger partial charge in [-0.3, -0.25) is 0 Å². The van der Waals surface area contributed by atoms with Crippen molar-refractivity contribution >= 4 is 6.03 Å². The zero-order chi connectivity index (χ0) is 16.9. The van der Waals surface area contributed by atoms with E-state index < -0.39 is 0 Å². The molecule has 0 aliphatic carbocycles. The van der Waals surface area contributed by atoms with E-state index in [0.29, 0.717) is 24.4 Å². The number of aliphatic hydroxyl groups excluding tert-OH is 1. The van der Waals surface area contributed by atoms with Crippen molar-refractivity contribution in [2.75, 3.05) is 26.8 Å². The molecular weight excluding hydrogens is 299 g/mol. The number of amides is 2. The zero-order valence-corrected chi connectivity index (χ0v) is 13.8. The third-order valence-corrected chi connectivity index (χ3v) is 4.81. The second-order valence-electron chi connectivity index (χ2n) is 6.16. The molecule has 128 valence electrons. The molecule has 2 rings (SSSR count). The molecule has 1 fully saturated rings. The summed E-state index contributed by atoms with van der Waals surface area (Å²) in [4.78, 5) is 14.0. The summed E-state index contributed by atoms with van der Waals surface area (Å²) < 4.78 is 18.4. The molecule has 1 aliphatic heterocycles. The van der Waals surface area contributed by atoms with E-state index in [0.717, 1.165) is 19.3 Å². The average Bonchev–Trinajstić information content (AvgIpc) is 2.59. The molecule has 1 saturated heterocycles. The maximum atomic E-state index is 13.4. The number of urea groups is 1. The molecule has 0 saturated carbocycles. The van der Waals surface area contributed by atoms with Gasteiger partial charge in [0.25, 0.3) is 0 Å². The van der Waals surface area contributed by atoms with Crippen molar-refractivity contribution in [1.82, 2.24) is 10.2 Å². The molecule has 2 N–H and O–H groups in total. The molecule has 2 amide bonds. The lowest BCUT2D eigenvalue weighted by Gasteiger charge is -2.40. The van der Waals surface area contributed by atoms with Gasteiger partial charge in [0.1, 0.15) is 11.6 Å². The number of carbonyl (C=O) groups is 1. The van der Waals surface area contributed by atoms with Gasteiger partial charge in [-0.1, -0.05) is 6.92 Å². The van der Waals surface area contributed by atoms with E-state index in [1.165, 1.54) is 19.2 Å². The minimum absolute atomic E-state index is 0.0489. The van der Waals surface area contributed by atoms with Crippen LogP contribution in [0, 0.1) is 11.2 Å². The van der Waals surface area contributed by atoms with E-state index in [1.54, 1.807) is 11.0 Å². The smallest absolute Gasteiger partial charge is 0.317 e. The van der Waals surface area contributed by atoms with Crippen LogP contribution in [0.2, 0.25) is 0 Å². The number of benzene rings is 1. The van der Waals surface area contributed by atoms with Gasteiger partial charge in [-0.05, 0) is 42.4 Å². The molecule has 0 spiro atoms. The SMILES string of the molecule is CCC1(CO)CCN(C(=O)NCc2cc(F)cc(OC)c2)CC1. The molecule has 6 heteroatoms. The summed E-state index contributed by atoms with van der Waals surface area (Å²) in [5, 5.41) is 12.3. The lowest BCUT2D eigenvalue weighted by Crippen LogP contribution is -2.48. The Labute approximate surface area is 136 Å².